The van der Waals surface area contributed by atoms with Gasteiger partial charge in [0.2, 0.25) is 0 Å². The van der Waals surface area contributed by atoms with Gasteiger partial charge in [-0.1, -0.05) is 30.3 Å². The summed E-state index contributed by atoms with van der Waals surface area (Å²) in [6.07, 6.45) is 3.22. The largest absolute Gasteiger partial charge is 0.350 e. The van der Waals surface area contributed by atoms with E-state index in [4.69, 9.17) is 0 Å². The summed E-state index contributed by atoms with van der Waals surface area (Å²) in [4.78, 5) is 19.9. The predicted molar refractivity (Wildman–Crippen MR) is 84.3 cm³/mol. The van der Waals surface area contributed by atoms with E-state index in [-0.39, 0.29) is 10.7 Å². The first kappa shape index (κ1) is 15.2. The molecule has 0 atom stereocenters. The van der Waals surface area contributed by atoms with Crippen molar-refractivity contribution in [2.24, 2.45) is 0 Å². The number of benzene rings is 1. The third kappa shape index (κ3) is 3.24. The molecule has 1 amide bonds. The van der Waals surface area contributed by atoms with Crippen LogP contribution in [0.4, 0.5) is 13.9 Å². The Balaban J connectivity index is 1.77. The van der Waals surface area contributed by atoms with E-state index in [1.54, 1.807) is 36.0 Å². The second-order valence-electron chi connectivity index (χ2n) is 4.67. The Morgan fingerprint density at radius 2 is 1.78 bits per heavy atom. The molecule has 0 aliphatic rings. The van der Waals surface area contributed by atoms with Gasteiger partial charge >= 0.3 is 11.8 Å². The first-order valence-corrected chi connectivity index (χ1v) is 7.56. The molecule has 3 rings (SSSR count). The fourth-order valence-corrected chi connectivity index (χ4v) is 2.66. The van der Waals surface area contributed by atoms with Crippen LogP contribution >= 0.6 is 11.3 Å². The van der Waals surface area contributed by atoms with Gasteiger partial charge < -0.3 is 0 Å². The quantitative estimate of drug-likeness (QED) is 0.788. The van der Waals surface area contributed by atoms with Crippen molar-refractivity contribution in [3.05, 3.63) is 65.8 Å². The lowest BCUT2D eigenvalue weighted by Gasteiger charge is -2.15. The zero-order chi connectivity index (χ0) is 16.3. The summed E-state index contributed by atoms with van der Waals surface area (Å²) in [5.41, 5.74) is 1.03. The molecule has 0 aliphatic heterocycles. The average Bonchev–Trinajstić information content (AvgIpc) is 3.05. The van der Waals surface area contributed by atoms with E-state index in [0.29, 0.717) is 5.69 Å². The second kappa shape index (κ2) is 6.21. The maximum atomic E-state index is 14.1. The number of amides is 1. The molecule has 0 unspecified atom stereocenters. The summed E-state index contributed by atoms with van der Waals surface area (Å²) in [5.74, 6) is -5.02. The van der Waals surface area contributed by atoms with Crippen molar-refractivity contribution in [1.29, 1.82) is 0 Å². The maximum Gasteiger partial charge on any atom is 0.350 e. The number of rotatable bonds is 4. The lowest BCUT2D eigenvalue weighted by Crippen LogP contribution is -2.32. The van der Waals surface area contributed by atoms with Gasteiger partial charge in [-0.3, -0.25) is 15.1 Å². The number of halogens is 2. The number of hydrogen-bond donors (Lipinski definition) is 1. The van der Waals surface area contributed by atoms with E-state index in [1.165, 1.54) is 24.3 Å². The molecule has 2 aromatic heterocycles. The lowest BCUT2D eigenvalue weighted by molar-refractivity contribution is -0.140. The fraction of sp³-hybridized carbons (Fsp3) is 0.0625. The molecule has 116 valence electrons. The number of pyridine rings is 1. The Morgan fingerprint density at radius 1 is 1.09 bits per heavy atom. The van der Waals surface area contributed by atoms with Crippen molar-refractivity contribution < 1.29 is 13.6 Å². The van der Waals surface area contributed by atoms with E-state index in [0.717, 1.165) is 16.9 Å². The van der Waals surface area contributed by atoms with Crippen molar-refractivity contribution >= 4 is 22.4 Å². The fourth-order valence-electron chi connectivity index (χ4n) is 1.94. The number of carbonyl (C=O) groups is 1. The van der Waals surface area contributed by atoms with Gasteiger partial charge in [0.15, 0.2) is 5.13 Å². The Kier molecular flexibility index (Phi) is 4.12. The Labute approximate surface area is 134 Å². The van der Waals surface area contributed by atoms with Crippen molar-refractivity contribution in [1.82, 2.24) is 9.97 Å². The SMILES string of the molecule is O=C(Nc1nc(-c2ccncc2)cs1)C(F)(F)c1ccccc1. The lowest BCUT2D eigenvalue weighted by atomic mass is 10.1. The number of nitrogens with one attached hydrogen (secondary N) is 1. The molecule has 1 N–H and O–H groups in total. The van der Waals surface area contributed by atoms with Gasteiger partial charge in [0.25, 0.3) is 0 Å². The van der Waals surface area contributed by atoms with Crippen LogP contribution in [0.25, 0.3) is 11.3 Å². The summed E-state index contributed by atoms with van der Waals surface area (Å²) in [5, 5.41) is 3.98. The van der Waals surface area contributed by atoms with Crippen LogP contribution in [0.15, 0.2) is 60.2 Å². The predicted octanol–water partition coefficient (Wildman–Crippen LogP) is 3.94. The molecule has 0 spiro atoms. The molecule has 23 heavy (non-hydrogen) atoms. The van der Waals surface area contributed by atoms with Crippen LogP contribution in [0.2, 0.25) is 0 Å². The highest BCUT2D eigenvalue weighted by Gasteiger charge is 2.41. The zero-order valence-electron chi connectivity index (χ0n) is 11.7. The summed E-state index contributed by atoms with van der Waals surface area (Å²) >= 11 is 1.09. The highest BCUT2D eigenvalue weighted by Crippen LogP contribution is 2.31. The van der Waals surface area contributed by atoms with Crippen LogP contribution in [-0.4, -0.2) is 15.9 Å². The number of alkyl halides is 2. The molecule has 4 nitrogen and oxygen atoms in total. The molecule has 0 saturated heterocycles. The van der Waals surface area contributed by atoms with Crippen LogP contribution in [-0.2, 0) is 10.7 Å². The summed E-state index contributed by atoms with van der Waals surface area (Å²) in [7, 11) is 0. The summed E-state index contributed by atoms with van der Waals surface area (Å²) in [6, 6.07) is 10.5. The van der Waals surface area contributed by atoms with Gasteiger partial charge in [-0.25, -0.2) is 4.98 Å². The normalized spacial score (nSPS) is 11.2. The third-order valence-electron chi connectivity index (χ3n) is 3.12. The number of hydrogen-bond acceptors (Lipinski definition) is 4. The van der Waals surface area contributed by atoms with E-state index in [9.17, 15) is 13.6 Å². The van der Waals surface area contributed by atoms with Crippen LogP contribution < -0.4 is 5.32 Å². The van der Waals surface area contributed by atoms with Crippen molar-refractivity contribution in [3.8, 4) is 11.3 Å². The third-order valence-corrected chi connectivity index (χ3v) is 3.88. The average molecular weight is 331 g/mol. The second-order valence-corrected chi connectivity index (χ2v) is 5.53. The van der Waals surface area contributed by atoms with Crippen LogP contribution in [0.1, 0.15) is 5.56 Å². The first-order chi connectivity index (χ1) is 11.1. The molecule has 2 heterocycles. The summed E-state index contributed by atoms with van der Waals surface area (Å²) in [6.45, 7) is 0. The minimum Gasteiger partial charge on any atom is -0.296 e. The van der Waals surface area contributed by atoms with Crippen LogP contribution in [0.3, 0.4) is 0 Å². The van der Waals surface area contributed by atoms with E-state index in [1.807, 2.05) is 0 Å². The van der Waals surface area contributed by atoms with E-state index >= 15 is 0 Å². The van der Waals surface area contributed by atoms with Gasteiger partial charge in [-0.05, 0) is 12.1 Å². The van der Waals surface area contributed by atoms with Gasteiger partial charge in [0.05, 0.1) is 5.69 Å². The number of nitrogens with zero attached hydrogens (tertiary/aromatic N) is 2. The molecule has 3 aromatic rings. The number of carbonyl (C=O) groups excluding carboxylic acids is 1. The monoisotopic (exact) mass is 331 g/mol. The van der Waals surface area contributed by atoms with Gasteiger partial charge in [-0.2, -0.15) is 8.78 Å². The van der Waals surface area contributed by atoms with Gasteiger partial charge in [0.1, 0.15) is 0 Å². The highest BCUT2D eigenvalue weighted by molar-refractivity contribution is 7.14. The molecular formula is C16H11F2N3OS. The first-order valence-electron chi connectivity index (χ1n) is 6.68. The summed E-state index contributed by atoms with van der Waals surface area (Å²) < 4.78 is 28.2. The van der Waals surface area contributed by atoms with Crippen molar-refractivity contribution in [2.45, 2.75) is 5.92 Å². The van der Waals surface area contributed by atoms with Crippen LogP contribution in [0.5, 0.6) is 0 Å². The van der Waals surface area contributed by atoms with Crippen molar-refractivity contribution in [3.63, 3.8) is 0 Å². The molecule has 0 aliphatic carbocycles. The molecule has 0 fully saturated rings. The smallest absolute Gasteiger partial charge is 0.296 e. The van der Waals surface area contributed by atoms with Gasteiger partial charge in [-0.15, -0.1) is 11.3 Å². The minimum absolute atomic E-state index is 0.123. The van der Waals surface area contributed by atoms with Crippen LogP contribution in [0, 0.1) is 0 Å². The number of anilines is 1. The van der Waals surface area contributed by atoms with Crippen molar-refractivity contribution in [2.75, 3.05) is 5.32 Å². The van der Waals surface area contributed by atoms with E-state index < -0.39 is 11.8 Å². The molecule has 0 bridgehead atoms. The molecule has 1 aromatic carbocycles. The van der Waals surface area contributed by atoms with E-state index in [2.05, 4.69) is 15.3 Å². The Hall–Kier alpha value is -2.67. The molecular weight excluding hydrogens is 320 g/mol. The van der Waals surface area contributed by atoms with Gasteiger partial charge in [0, 0.05) is 28.9 Å². The zero-order valence-corrected chi connectivity index (χ0v) is 12.6. The Bertz CT molecular complexity index is 806. The topological polar surface area (TPSA) is 54.9 Å². The Morgan fingerprint density at radius 3 is 2.48 bits per heavy atom. The number of thiazole rings is 1. The number of aromatic nitrogens is 2. The maximum absolute atomic E-state index is 14.1. The molecule has 0 radical (unpaired) electrons. The molecule has 7 heteroatoms. The molecule has 0 saturated carbocycles. The standard InChI is InChI=1S/C16H11F2N3OS/c17-16(18,12-4-2-1-3-5-12)14(22)21-15-20-13(10-23-15)11-6-8-19-9-7-11/h1-10H,(H,20,21,22). The highest BCUT2D eigenvalue weighted by atomic mass is 32.1. The minimum atomic E-state index is -3.62.